The van der Waals surface area contributed by atoms with Gasteiger partial charge in [-0.1, -0.05) is 22.4 Å². The van der Waals surface area contributed by atoms with Crippen LogP contribution < -0.4 is 14.8 Å². The van der Waals surface area contributed by atoms with Gasteiger partial charge in [0.25, 0.3) is 0 Å². The molecule has 0 amide bonds. The van der Waals surface area contributed by atoms with Gasteiger partial charge in [-0.25, -0.2) is 0 Å². The summed E-state index contributed by atoms with van der Waals surface area (Å²) in [5, 5.41) is 3.55. The zero-order chi connectivity index (χ0) is 14.4. The number of unbranched alkanes of at least 4 members (excludes halogenated alkanes) is 2. The normalized spacial score (nSPS) is 14.3. The second-order valence-electron chi connectivity index (χ2n) is 5.33. The van der Waals surface area contributed by atoms with Crippen molar-refractivity contribution in [2.75, 3.05) is 20.8 Å². The molecular weight excluding hydrogens is 318 g/mol. The first-order valence-electron chi connectivity index (χ1n) is 7.38. The highest BCUT2D eigenvalue weighted by atomic mass is 79.9. The van der Waals surface area contributed by atoms with Crippen LogP contribution in [0.2, 0.25) is 0 Å². The van der Waals surface area contributed by atoms with E-state index in [1.165, 1.54) is 37.7 Å². The van der Waals surface area contributed by atoms with Crippen molar-refractivity contribution in [1.29, 1.82) is 0 Å². The second kappa shape index (κ2) is 7.89. The molecule has 0 aliphatic heterocycles. The summed E-state index contributed by atoms with van der Waals surface area (Å²) in [6.45, 7) is 1.16. The molecule has 4 heteroatoms. The maximum Gasteiger partial charge on any atom is 0.126 e. The van der Waals surface area contributed by atoms with Gasteiger partial charge in [-0.2, -0.15) is 0 Å². The van der Waals surface area contributed by atoms with E-state index in [4.69, 9.17) is 9.47 Å². The molecule has 1 aliphatic carbocycles. The highest BCUT2D eigenvalue weighted by Gasteiger charge is 2.19. The molecule has 1 saturated carbocycles. The molecular formula is C16H24BrNO2. The lowest BCUT2D eigenvalue weighted by Gasteiger charge is -2.13. The Bertz CT molecular complexity index is 433. The fraction of sp³-hybridized carbons (Fsp3) is 0.625. The van der Waals surface area contributed by atoms with Crippen molar-refractivity contribution in [2.24, 2.45) is 0 Å². The molecule has 1 aromatic rings. The highest BCUT2D eigenvalue weighted by Crippen LogP contribution is 2.33. The van der Waals surface area contributed by atoms with Crippen molar-refractivity contribution < 1.29 is 9.47 Å². The zero-order valence-electron chi connectivity index (χ0n) is 12.4. The van der Waals surface area contributed by atoms with Gasteiger partial charge in [-0.05, 0) is 44.7 Å². The van der Waals surface area contributed by atoms with Crippen LogP contribution in [-0.4, -0.2) is 26.8 Å². The lowest BCUT2D eigenvalue weighted by Crippen LogP contribution is -2.17. The molecule has 0 bridgehead atoms. The largest absolute Gasteiger partial charge is 0.497 e. The zero-order valence-corrected chi connectivity index (χ0v) is 14.0. The maximum absolute atomic E-state index is 5.46. The summed E-state index contributed by atoms with van der Waals surface area (Å²) in [7, 11) is 3.39. The van der Waals surface area contributed by atoms with Crippen LogP contribution in [-0.2, 0) is 6.42 Å². The Kier molecular flexibility index (Phi) is 6.17. The number of rotatable bonds is 9. The van der Waals surface area contributed by atoms with E-state index in [2.05, 4.69) is 21.2 Å². The van der Waals surface area contributed by atoms with Gasteiger partial charge < -0.3 is 14.8 Å². The molecule has 3 nitrogen and oxygen atoms in total. The number of hydrogen-bond donors (Lipinski definition) is 1. The van der Waals surface area contributed by atoms with Crippen molar-refractivity contribution in [3.05, 3.63) is 22.2 Å². The third-order valence-corrected chi connectivity index (χ3v) is 4.41. The second-order valence-corrected chi connectivity index (χ2v) is 6.18. The predicted octanol–water partition coefficient (Wildman–Crippen LogP) is 3.93. The molecule has 0 saturated heterocycles. The fourth-order valence-corrected chi connectivity index (χ4v) is 2.95. The van der Waals surface area contributed by atoms with Crippen LogP contribution in [0, 0.1) is 0 Å². The molecule has 0 aromatic heterocycles. The van der Waals surface area contributed by atoms with Crippen LogP contribution >= 0.6 is 15.9 Å². The Morgan fingerprint density at radius 2 is 1.95 bits per heavy atom. The van der Waals surface area contributed by atoms with Crippen LogP contribution in [0.4, 0.5) is 0 Å². The number of nitrogens with one attached hydrogen (secondary N) is 1. The molecule has 20 heavy (non-hydrogen) atoms. The van der Waals surface area contributed by atoms with E-state index in [-0.39, 0.29) is 0 Å². The van der Waals surface area contributed by atoms with Gasteiger partial charge in [0.05, 0.1) is 14.2 Å². The summed E-state index contributed by atoms with van der Waals surface area (Å²) in [6.07, 6.45) is 7.48. The number of hydrogen-bond acceptors (Lipinski definition) is 3. The molecule has 1 aliphatic rings. The Morgan fingerprint density at radius 1 is 1.15 bits per heavy atom. The van der Waals surface area contributed by atoms with Crippen molar-refractivity contribution in [1.82, 2.24) is 5.32 Å². The Labute approximate surface area is 130 Å². The van der Waals surface area contributed by atoms with Crippen molar-refractivity contribution in [3.8, 4) is 11.5 Å². The van der Waals surface area contributed by atoms with Gasteiger partial charge in [-0.15, -0.1) is 0 Å². The minimum Gasteiger partial charge on any atom is -0.497 e. The van der Waals surface area contributed by atoms with Crippen LogP contribution in [0.5, 0.6) is 11.5 Å². The number of methoxy groups -OCH3 is 2. The van der Waals surface area contributed by atoms with E-state index < -0.39 is 0 Å². The molecule has 1 N–H and O–H groups in total. The number of ether oxygens (including phenoxy) is 2. The van der Waals surface area contributed by atoms with Gasteiger partial charge in [-0.3, -0.25) is 0 Å². The smallest absolute Gasteiger partial charge is 0.126 e. The lowest BCUT2D eigenvalue weighted by molar-refractivity contribution is 0.390. The van der Waals surface area contributed by atoms with Crippen molar-refractivity contribution in [3.63, 3.8) is 0 Å². The number of benzene rings is 1. The SMILES string of the molecule is COc1cc(Br)c(CCCCCNC2CC2)c(OC)c1. The van der Waals surface area contributed by atoms with Crippen molar-refractivity contribution >= 4 is 15.9 Å². The standard InChI is InChI=1S/C16H24BrNO2/c1-19-13-10-15(17)14(16(11-13)20-2)6-4-3-5-9-18-12-7-8-12/h10-12,18H,3-9H2,1-2H3. The maximum atomic E-state index is 5.46. The molecule has 0 spiro atoms. The van der Waals surface area contributed by atoms with Crippen LogP contribution in [0.3, 0.4) is 0 Å². The molecule has 112 valence electrons. The summed E-state index contributed by atoms with van der Waals surface area (Å²) >= 11 is 3.62. The lowest BCUT2D eigenvalue weighted by atomic mass is 10.1. The highest BCUT2D eigenvalue weighted by molar-refractivity contribution is 9.10. The van der Waals surface area contributed by atoms with E-state index in [9.17, 15) is 0 Å². The quantitative estimate of drug-likeness (QED) is 0.690. The van der Waals surface area contributed by atoms with Gasteiger partial charge in [0.2, 0.25) is 0 Å². The van der Waals surface area contributed by atoms with Crippen LogP contribution in [0.15, 0.2) is 16.6 Å². The van der Waals surface area contributed by atoms with E-state index in [1.807, 2.05) is 12.1 Å². The van der Waals surface area contributed by atoms with E-state index in [0.717, 1.165) is 35.0 Å². The predicted molar refractivity (Wildman–Crippen MR) is 85.8 cm³/mol. The van der Waals surface area contributed by atoms with Gasteiger partial charge >= 0.3 is 0 Å². The summed E-state index contributed by atoms with van der Waals surface area (Å²) in [4.78, 5) is 0. The first-order valence-corrected chi connectivity index (χ1v) is 8.17. The molecule has 0 heterocycles. The third-order valence-electron chi connectivity index (χ3n) is 3.70. The van der Waals surface area contributed by atoms with E-state index in [0.29, 0.717) is 0 Å². The third kappa shape index (κ3) is 4.67. The summed E-state index contributed by atoms with van der Waals surface area (Å²) in [5.74, 6) is 1.73. The molecule has 0 atom stereocenters. The first kappa shape index (κ1) is 15.6. The molecule has 0 unspecified atom stereocenters. The van der Waals surface area contributed by atoms with Gasteiger partial charge in [0, 0.05) is 22.1 Å². The summed E-state index contributed by atoms with van der Waals surface area (Å²) in [5.41, 5.74) is 1.24. The van der Waals surface area contributed by atoms with E-state index >= 15 is 0 Å². The Hall–Kier alpha value is -0.740. The summed E-state index contributed by atoms with van der Waals surface area (Å²) in [6, 6.07) is 4.78. The molecule has 2 rings (SSSR count). The average Bonchev–Trinajstić information content (AvgIpc) is 3.27. The van der Waals surface area contributed by atoms with E-state index in [1.54, 1.807) is 14.2 Å². The minimum atomic E-state index is 0.825. The Morgan fingerprint density at radius 3 is 2.60 bits per heavy atom. The fourth-order valence-electron chi connectivity index (χ4n) is 2.33. The monoisotopic (exact) mass is 341 g/mol. The van der Waals surface area contributed by atoms with Crippen LogP contribution in [0.25, 0.3) is 0 Å². The van der Waals surface area contributed by atoms with Gasteiger partial charge in [0.1, 0.15) is 11.5 Å². The molecule has 0 radical (unpaired) electrons. The number of halogens is 1. The molecule has 1 aromatic carbocycles. The summed E-state index contributed by atoms with van der Waals surface area (Å²) < 4.78 is 11.8. The van der Waals surface area contributed by atoms with Gasteiger partial charge in [0.15, 0.2) is 0 Å². The topological polar surface area (TPSA) is 30.5 Å². The Balaban J connectivity index is 1.78. The van der Waals surface area contributed by atoms with Crippen molar-refractivity contribution in [2.45, 2.75) is 44.6 Å². The first-order chi connectivity index (χ1) is 9.74. The average molecular weight is 342 g/mol. The van der Waals surface area contributed by atoms with Crippen LogP contribution in [0.1, 0.15) is 37.7 Å². The minimum absolute atomic E-state index is 0.825. The molecule has 1 fully saturated rings.